The van der Waals surface area contributed by atoms with Crippen LogP contribution in [0.15, 0.2) is 83.4 Å². The second kappa shape index (κ2) is 20.7. The fourth-order valence-corrected chi connectivity index (χ4v) is 6.93. The molecule has 2 atom stereocenters. The topological polar surface area (TPSA) is 145 Å². The first-order valence-electron chi connectivity index (χ1n) is 15.4. The third-order valence-electron chi connectivity index (χ3n) is 7.36. The Kier molecular flexibility index (Phi) is 17.4. The SMILES string of the molecule is COCCCOc1ccnc(CS(=O)c2nc3ccccc3[nH]2)c1C.Cc1c(OCC(F)(F)F)ccnc1CS(=O)c1nc2ccccc2[nH]1.[H-].[H-].[Na+].[Na+]. The predicted molar refractivity (Wildman–Crippen MR) is 186 cm³/mol. The van der Waals surface area contributed by atoms with Crippen molar-refractivity contribution in [2.75, 3.05) is 26.9 Å². The minimum atomic E-state index is -4.42. The first kappa shape index (κ1) is 43.7. The molecule has 0 aliphatic heterocycles. The molecule has 0 saturated carbocycles. The second-order valence-electron chi connectivity index (χ2n) is 11.0. The van der Waals surface area contributed by atoms with E-state index in [0.29, 0.717) is 46.1 Å². The zero-order valence-electron chi connectivity index (χ0n) is 31.5. The molecule has 2 N–H and O–H groups in total. The largest absolute Gasteiger partial charge is 1.00 e. The number of H-pyrrole nitrogens is 2. The number of hydrogen-bond acceptors (Lipinski definition) is 9. The second-order valence-corrected chi connectivity index (χ2v) is 13.7. The molecular formula is C34H37F3N6Na2O5S2. The van der Waals surface area contributed by atoms with Gasteiger partial charge < -0.3 is 27.0 Å². The molecule has 6 aromatic rings. The van der Waals surface area contributed by atoms with Crippen molar-refractivity contribution in [1.82, 2.24) is 29.9 Å². The van der Waals surface area contributed by atoms with E-state index in [9.17, 15) is 21.6 Å². The molecule has 18 heteroatoms. The van der Waals surface area contributed by atoms with Gasteiger partial charge in [-0.3, -0.25) is 18.4 Å². The van der Waals surface area contributed by atoms with E-state index in [1.165, 1.54) is 12.3 Å². The van der Waals surface area contributed by atoms with Gasteiger partial charge in [-0.2, -0.15) is 13.2 Å². The summed E-state index contributed by atoms with van der Waals surface area (Å²) in [6.07, 6.45) is -0.584. The van der Waals surface area contributed by atoms with E-state index in [4.69, 9.17) is 14.2 Å². The number of ether oxygens (including phenoxy) is 3. The number of aromatic amines is 2. The smallest absolute Gasteiger partial charge is 1.00 e. The summed E-state index contributed by atoms with van der Waals surface area (Å²) in [5.41, 5.74) is 5.63. The van der Waals surface area contributed by atoms with Crippen molar-refractivity contribution in [2.45, 2.75) is 48.3 Å². The molecule has 268 valence electrons. The molecule has 11 nitrogen and oxygen atoms in total. The van der Waals surface area contributed by atoms with Gasteiger partial charge in [0.25, 0.3) is 0 Å². The third-order valence-corrected chi connectivity index (χ3v) is 9.68. The van der Waals surface area contributed by atoms with Crippen LogP contribution in [0.25, 0.3) is 22.1 Å². The number of pyridine rings is 2. The Labute approximate surface area is 350 Å². The van der Waals surface area contributed by atoms with Crippen molar-refractivity contribution in [1.29, 1.82) is 0 Å². The van der Waals surface area contributed by atoms with E-state index in [1.54, 1.807) is 26.3 Å². The fraction of sp³-hybridized carbons (Fsp3) is 0.294. The van der Waals surface area contributed by atoms with Gasteiger partial charge in [0.15, 0.2) is 16.9 Å². The molecule has 0 spiro atoms. The van der Waals surface area contributed by atoms with Crippen LogP contribution in [0.5, 0.6) is 11.5 Å². The van der Waals surface area contributed by atoms with Crippen LogP contribution < -0.4 is 68.6 Å². The summed E-state index contributed by atoms with van der Waals surface area (Å²) in [4.78, 5) is 23.2. The molecule has 4 heterocycles. The van der Waals surface area contributed by atoms with Crippen molar-refractivity contribution in [3.8, 4) is 11.5 Å². The summed E-state index contributed by atoms with van der Waals surface area (Å²) in [5, 5.41) is 0.762. The van der Waals surface area contributed by atoms with Gasteiger partial charge in [-0.05, 0) is 50.2 Å². The van der Waals surface area contributed by atoms with Crippen molar-refractivity contribution in [3.63, 3.8) is 0 Å². The minimum Gasteiger partial charge on any atom is -1.00 e. The quantitative estimate of drug-likeness (QED) is 0.128. The van der Waals surface area contributed by atoms with Gasteiger partial charge in [0.1, 0.15) is 11.5 Å². The van der Waals surface area contributed by atoms with Crippen LogP contribution in [0.1, 0.15) is 31.8 Å². The van der Waals surface area contributed by atoms with Crippen molar-refractivity contribution < 1.29 is 97.8 Å². The normalized spacial score (nSPS) is 12.3. The Morgan fingerprint density at radius 1 is 0.712 bits per heavy atom. The number of imidazole rings is 2. The van der Waals surface area contributed by atoms with Gasteiger partial charge >= 0.3 is 65.3 Å². The Balaban J connectivity index is 0.000000503. The first-order valence-corrected chi connectivity index (χ1v) is 18.0. The Hall–Kier alpha value is -2.67. The van der Waals surface area contributed by atoms with Crippen LogP contribution in [0.4, 0.5) is 13.2 Å². The van der Waals surface area contributed by atoms with Crippen molar-refractivity contribution in [2.24, 2.45) is 0 Å². The maximum atomic E-state index is 12.7. The van der Waals surface area contributed by atoms with E-state index in [0.717, 1.165) is 40.0 Å². The average Bonchev–Trinajstić information content (AvgIpc) is 3.74. The number of alkyl halides is 3. The van der Waals surface area contributed by atoms with Crippen LogP contribution >= 0.6 is 0 Å². The number of hydrogen-bond donors (Lipinski definition) is 2. The number of nitrogens with zero attached hydrogens (tertiary/aromatic N) is 4. The van der Waals surface area contributed by atoms with Crippen molar-refractivity contribution >= 4 is 43.7 Å². The number of methoxy groups -OCH3 is 1. The van der Waals surface area contributed by atoms with E-state index < -0.39 is 34.4 Å². The van der Waals surface area contributed by atoms with Gasteiger partial charge in [-0.1, -0.05) is 24.3 Å². The van der Waals surface area contributed by atoms with Gasteiger partial charge in [0, 0.05) is 43.7 Å². The number of nitrogens with one attached hydrogen (secondary N) is 2. The van der Waals surface area contributed by atoms with Gasteiger partial charge in [-0.15, -0.1) is 0 Å². The van der Waals surface area contributed by atoms with E-state index >= 15 is 0 Å². The monoisotopic (exact) mass is 776 g/mol. The number of fused-ring (bicyclic) bond motifs is 2. The number of para-hydroxylation sites is 4. The Morgan fingerprint density at radius 3 is 1.62 bits per heavy atom. The number of aromatic nitrogens is 6. The maximum absolute atomic E-state index is 12.7. The first-order chi connectivity index (χ1) is 24.0. The molecule has 6 rings (SSSR count). The van der Waals surface area contributed by atoms with Crippen LogP contribution in [-0.2, 0) is 37.8 Å². The Morgan fingerprint density at radius 2 is 1.17 bits per heavy atom. The Bertz CT molecular complexity index is 2060. The molecule has 2 unspecified atom stereocenters. The van der Waals surface area contributed by atoms with Crippen molar-refractivity contribution in [3.05, 3.63) is 95.6 Å². The van der Waals surface area contributed by atoms with Gasteiger partial charge in [0.05, 0.1) is 73.2 Å². The summed E-state index contributed by atoms with van der Waals surface area (Å²) < 4.78 is 77.7. The van der Waals surface area contributed by atoms with Gasteiger partial charge in [-0.25, -0.2) is 9.97 Å². The summed E-state index contributed by atoms with van der Waals surface area (Å²) in [7, 11) is -1.14. The molecule has 0 bridgehead atoms. The standard InChI is InChI=1S/C18H21N3O3S.C16H14F3N3O2S.2Na.2H/c1-13-16(19-9-8-17(13)24-11-5-10-23-2)12-25(22)18-20-14-6-3-4-7-15(14)21-18;1-10-13(20-7-6-14(10)24-9-16(17,18)19)8-25(23)15-21-11-4-2-3-5-12(11)22-15;;;;/h3-4,6-9H,5,10-12H2,1-2H3,(H,20,21);2-7H,8-9H2,1H3,(H,21,22);;;;/q;;2*+1;2*-1. The fourth-order valence-electron chi connectivity index (χ4n) is 4.73. The molecule has 4 aromatic heterocycles. The number of halogens is 3. The van der Waals surface area contributed by atoms with Crippen LogP contribution in [0, 0.1) is 13.8 Å². The zero-order valence-corrected chi connectivity index (χ0v) is 35.1. The number of benzene rings is 2. The molecule has 0 amide bonds. The third kappa shape index (κ3) is 12.2. The summed E-state index contributed by atoms with van der Waals surface area (Å²) in [5.74, 6) is 1.15. The summed E-state index contributed by atoms with van der Waals surface area (Å²) >= 11 is 0. The minimum absolute atomic E-state index is 0. The molecule has 0 fully saturated rings. The molecule has 0 radical (unpaired) electrons. The zero-order chi connectivity index (χ0) is 35.7. The van der Waals surface area contributed by atoms with E-state index in [-0.39, 0.29) is 73.5 Å². The molecule has 0 saturated heterocycles. The molecule has 52 heavy (non-hydrogen) atoms. The summed E-state index contributed by atoms with van der Waals surface area (Å²) in [6.45, 7) is 3.37. The summed E-state index contributed by atoms with van der Waals surface area (Å²) in [6, 6.07) is 18.1. The van der Waals surface area contributed by atoms with Crippen LogP contribution in [-0.4, -0.2) is 71.4 Å². The average molecular weight is 777 g/mol. The molecule has 0 aliphatic carbocycles. The van der Waals surface area contributed by atoms with E-state index in [2.05, 4.69) is 29.9 Å². The predicted octanol–water partition coefficient (Wildman–Crippen LogP) is 0.738. The van der Waals surface area contributed by atoms with Crippen LogP contribution in [0.2, 0.25) is 0 Å². The molecular weight excluding hydrogens is 740 g/mol. The molecule has 0 aliphatic rings. The van der Waals surface area contributed by atoms with Gasteiger partial charge in [0.2, 0.25) is 0 Å². The molecule has 2 aromatic carbocycles. The number of rotatable bonds is 13. The van der Waals surface area contributed by atoms with E-state index in [1.807, 2.05) is 55.5 Å². The van der Waals surface area contributed by atoms with Crippen LogP contribution in [0.3, 0.4) is 0 Å². The maximum Gasteiger partial charge on any atom is 1.00 e.